The number of aromatic hydroxyl groups is 1. The number of aromatic nitrogens is 3. The predicted molar refractivity (Wildman–Crippen MR) is 96.2 cm³/mol. The van der Waals surface area contributed by atoms with Gasteiger partial charge in [-0.05, 0) is 24.6 Å². The highest BCUT2D eigenvalue weighted by Crippen LogP contribution is 2.25. The van der Waals surface area contributed by atoms with Crippen molar-refractivity contribution in [2.24, 2.45) is 0 Å². The molecule has 0 radical (unpaired) electrons. The smallest absolute Gasteiger partial charge is 0.325 e. The van der Waals surface area contributed by atoms with E-state index in [1.165, 1.54) is 28.4 Å². The molecule has 0 unspecified atom stereocenters. The van der Waals surface area contributed by atoms with Gasteiger partial charge in [-0.3, -0.25) is 23.9 Å². The first-order valence-corrected chi connectivity index (χ1v) is 8.23. The summed E-state index contributed by atoms with van der Waals surface area (Å²) in [7, 11) is 0. The molecule has 140 valence electrons. The van der Waals surface area contributed by atoms with Gasteiger partial charge in [0, 0.05) is 18.6 Å². The minimum atomic E-state index is -1.27. The number of carbonyl (C=O) groups excluding carboxylic acids is 1. The zero-order valence-corrected chi connectivity index (χ0v) is 14.8. The molecule has 0 saturated carbocycles. The van der Waals surface area contributed by atoms with E-state index >= 15 is 0 Å². The van der Waals surface area contributed by atoms with Crippen LogP contribution in [0, 0.1) is 0 Å². The molecule has 0 aliphatic carbocycles. The minimum Gasteiger partial charge on any atom is -0.505 e. The van der Waals surface area contributed by atoms with Gasteiger partial charge < -0.3 is 15.5 Å². The lowest BCUT2D eigenvalue weighted by Gasteiger charge is -2.15. The van der Waals surface area contributed by atoms with Crippen LogP contribution >= 0.6 is 11.6 Å². The van der Waals surface area contributed by atoms with E-state index in [1.54, 1.807) is 24.5 Å². The molecule has 3 aromatic rings. The lowest BCUT2D eigenvalue weighted by molar-refractivity contribution is -0.138. The van der Waals surface area contributed by atoms with Crippen molar-refractivity contribution in [3.63, 3.8) is 0 Å². The molecule has 10 heteroatoms. The highest BCUT2D eigenvalue weighted by Gasteiger charge is 2.25. The molecule has 0 aliphatic heterocycles. The van der Waals surface area contributed by atoms with Crippen LogP contribution in [0.1, 0.15) is 22.8 Å². The van der Waals surface area contributed by atoms with Gasteiger partial charge in [0.05, 0.1) is 11.6 Å². The molecule has 0 fully saturated rings. The molecule has 3 heterocycles. The maximum absolute atomic E-state index is 12.9. The molecule has 0 bridgehead atoms. The number of amides is 1. The number of carboxylic acids is 1. The van der Waals surface area contributed by atoms with Crippen LogP contribution in [-0.2, 0) is 11.3 Å². The normalized spacial score (nSPS) is 12.1. The predicted octanol–water partition coefficient (Wildman–Crippen LogP) is 1.11. The molecule has 9 nitrogen and oxygen atoms in total. The molecule has 1 atom stereocenters. The summed E-state index contributed by atoms with van der Waals surface area (Å²) in [5, 5.41) is 21.8. The summed E-state index contributed by atoms with van der Waals surface area (Å²) in [5.41, 5.74) is -0.543. The van der Waals surface area contributed by atoms with Crippen LogP contribution < -0.4 is 10.9 Å². The van der Waals surface area contributed by atoms with Crippen LogP contribution in [0.25, 0.3) is 5.52 Å². The molecule has 0 spiro atoms. The monoisotopic (exact) mass is 390 g/mol. The highest BCUT2D eigenvalue weighted by molar-refractivity contribution is 6.31. The fourth-order valence-corrected chi connectivity index (χ4v) is 2.80. The summed E-state index contributed by atoms with van der Waals surface area (Å²) in [5.74, 6) is -2.85. The Morgan fingerprint density at radius 3 is 2.78 bits per heavy atom. The van der Waals surface area contributed by atoms with Crippen molar-refractivity contribution < 1.29 is 19.8 Å². The molecule has 3 N–H and O–H groups in total. The van der Waals surface area contributed by atoms with E-state index in [9.17, 15) is 19.5 Å². The Bertz CT molecular complexity index is 1090. The zero-order valence-electron chi connectivity index (χ0n) is 14.1. The van der Waals surface area contributed by atoms with Crippen molar-refractivity contribution in [2.75, 3.05) is 0 Å². The fraction of sp³-hybridized carbons (Fsp3) is 0.176. The van der Waals surface area contributed by atoms with E-state index in [0.29, 0.717) is 5.56 Å². The van der Waals surface area contributed by atoms with E-state index < -0.39 is 34.8 Å². The number of nitrogens with zero attached hydrogens (tertiary/aromatic N) is 3. The molecule has 3 rings (SSSR count). The largest absolute Gasteiger partial charge is 0.505 e. The molecule has 3 aromatic heterocycles. The average molecular weight is 391 g/mol. The quantitative estimate of drug-likeness (QED) is 0.599. The van der Waals surface area contributed by atoms with Gasteiger partial charge in [0.1, 0.15) is 17.1 Å². The van der Waals surface area contributed by atoms with E-state index in [2.05, 4.69) is 10.3 Å². The van der Waals surface area contributed by atoms with Gasteiger partial charge in [-0.2, -0.15) is 0 Å². The summed E-state index contributed by atoms with van der Waals surface area (Å²) in [6.07, 6.45) is 4.57. The van der Waals surface area contributed by atoms with Crippen LogP contribution in [0.15, 0.2) is 41.6 Å². The summed E-state index contributed by atoms with van der Waals surface area (Å²) < 4.78 is 2.54. The van der Waals surface area contributed by atoms with Crippen molar-refractivity contribution in [2.45, 2.75) is 19.5 Å². The molecule has 27 heavy (non-hydrogen) atoms. The number of rotatable bonds is 5. The Hall–Kier alpha value is -3.33. The van der Waals surface area contributed by atoms with Crippen molar-refractivity contribution in [1.82, 2.24) is 19.5 Å². The van der Waals surface area contributed by atoms with Gasteiger partial charge in [-0.25, -0.2) is 4.68 Å². The van der Waals surface area contributed by atoms with Crippen LogP contribution in [0.4, 0.5) is 0 Å². The minimum absolute atomic E-state index is 0.0588. The summed E-state index contributed by atoms with van der Waals surface area (Å²) in [6.45, 7) is 1.31. The standard InChI is InChI=1S/C17H15ClN4O5/c1-9(17(26)27)20-15(24)13-14(23)12-5-11(18)8-21(12)22(16(13)25)7-10-3-2-4-19-6-10/h2-6,8-9,23H,7H2,1H3,(H,20,24)(H,26,27)/t9-/m0/s1. The van der Waals surface area contributed by atoms with E-state index in [0.717, 1.165) is 0 Å². The second-order valence-corrected chi connectivity index (χ2v) is 6.31. The van der Waals surface area contributed by atoms with E-state index in [-0.39, 0.29) is 17.1 Å². The first-order chi connectivity index (χ1) is 12.8. The Morgan fingerprint density at radius 1 is 1.41 bits per heavy atom. The third kappa shape index (κ3) is 3.49. The number of aliphatic carboxylic acids is 1. The van der Waals surface area contributed by atoms with Gasteiger partial charge in [0.15, 0.2) is 5.75 Å². The SMILES string of the molecule is C[C@H](NC(=O)c1c(O)c2cc(Cl)cn2n(Cc2cccnc2)c1=O)C(=O)O. The molecule has 0 aromatic carbocycles. The maximum Gasteiger partial charge on any atom is 0.325 e. The Balaban J connectivity index is 2.18. The number of hydrogen-bond donors (Lipinski definition) is 3. The van der Waals surface area contributed by atoms with E-state index in [4.69, 9.17) is 16.7 Å². The van der Waals surface area contributed by atoms with Gasteiger partial charge in [0.2, 0.25) is 0 Å². The third-order valence-corrected chi connectivity index (χ3v) is 4.16. The number of pyridine rings is 1. The second-order valence-electron chi connectivity index (χ2n) is 5.87. The Kier molecular flexibility index (Phi) is 4.87. The molecular weight excluding hydrogens is 376 g/mol. The van der Waals surface area contributed by atoms with Gasteiger partial charge in [0.25, 0.3) is 11.5 Å². The Morgan fingerprint density at radius 2 is 2.15 bits per heavy atom. The Labute approximate surface area is 157 Å². The van der Waals surface area contributed by atoms with Crippen LogP contribution in [-0.4, -0.2) is 42.3 Å². The van der Waals surface area contributed by atoms with Crippen molar-refractivity contribution in [1.29, 1.82) is 0 Å². The average Bonchev–Trinajstić information content (AvgIpc) is 3.01. The van der Waals surface area contributed by atoms with Crippen LogP contribution in [0.2, 0.25) is 5.02 Å². The van der Waals surface area contributed by atoms with Crippen molar-refractivity contribution in [3.8, 4) is 5.75 Å². The zero-order chi connectivity index (χ0) is 19.7. The highest BCUT2D eigenvalue weighted by atomic mass is 35.5. The van der Waals surface area contributed by atoms with Gasteiger partial charge >= 0.3 is 5.97 Å². The first kappa shape index (κ1) is 18.5. The number of halogens is 1. The fourth-order valence-electron chi connectivity index (χ4n) is 2.60. The van der Waals surface area contributed by atoms with Gasteiger partial charge in [-0.1, -0.05) is 17.7 Å². The lowest BCUT2D eigenvalue weighted by atomic mass is 10.2. The number of fused-ring (bicyclic) bond motifs is 1. The number of hydrogen-bond acceptors (Lipinski definition) is 5. The van der Waals surface area contributed by atoms with Crippen molar-refractivity contribution >= 4 is 29.0 Å². The number of nitrogens with one attached hydrogen (secondary N) is 1. The molecular formula is C17H15ClN4O5. The maximum atomic E-state index is 12.9. The lowest BCUT2D eigenvalue weighted by Crippen LogP contribution is -2.42. The van der Waals surface area contributed by atoms with Crippen LogP contribution in [0.5, 0.6) is 5.75 Å². The second kappa shape index (κ2) is 7.12. The summed E-state index contributed by atoms with van der Waals surface area (Å²) in [4.78, 5) is 40.3. The van der Waals surface area contributed by atoms with Gasteiger partial charge in [-0.15, -0.1) is 0 Å². The molecule has 1 amide bonds. The topological polar surface area (TPSA) is 126 Å². The van der Waals surface area contributed by atoms with E-state index in [1.807, 2.05) is 0 Å². The third-order valence-electron chi connectivity index (χ3n) is 3.96. The van der Waals surface area contributed by atoms with Crippen molar-refractivity contribution in [3.05, 3.63) is 63.3 Å². The molecule has 0 saturated heterocycles. The number of carbonyl (C=O) groups is 2. The summed E-state index contributed by atoms with van der Waals surface area (Å²) >= 11 is 6.00. The van der Waals surface area contributed by atoms with Crippen LogP contribution in [0.3, 0.4) is 0 Å². The number of carboxylic acid groups (broad SMARTS) is 1. The first-order valence-electron chi connectivity index (χ1n) is 7.85. The molecule has 0 aliphatic rings. The summed E-state index contributed by atoms with van der Waals surface area (Å²) in [6, 6.07) is 3.60.